The van der Waals surface area contributed by atoms with Crippen LogP contribution in [0, 0.1) is 0 Å². The van der Waals surface area contributed by atoms with Crippen molar-refractivity contribution in [2.45, 2.75) is 39.2 Å². The number of benzene rings is 1. The molecule has 6 nitrogen and oxygen atoms in total. The third-order valence-electron chi connectivity index (χ3n) is 4.62. The van der Waals surface area contributed by atoms with Crippen LogP contribution in [0.3, 0.4) is 0 Å². The van der Waals surface area contributed by atoms with Gasteiger partial charge in [0.15, 0.2) is 11.9 Å². The fraction of sp³-hybridized carbons (Fsp3) is 0.381. The van der Waals surface area contributed by atoms with Crippen LogP contribution in [0.4, 0.5) is 11.5 Å². The third kappa shape index (κ3) is 5.06. The van der Waals surface area contributed by atoms with E-state index < -0.39 is 6.10 Å². The molecule has 27 heavy (non-hydrogen) atoms. The van der Waals surface area contributed by atoms with Crippen LogP contribution in [0.25, 0.3) is 0 Å². The second-order valence-electron chi connectivity index (χ2n) is 6.79. The summed E-state index contributed by atoms with van der Waals surface area (Å²) >= 11 is 0. The molecule has 3 rings (SSSR count). The summed E-state index contributed by atoms with van der Waals surface area (Å²) in [5, 5.41) is 2.82. The number of rotatable bonds is 6. The largest absolute Gasteiger partial charge is 0.481 e. The average molecular weight is 367 g/mol. The van der Waals surface area contributed by atoms with Crippen LogP contribution in [0.2, 0.25) is 0 Å². The minimum atomic E-state index is -0.700. The molecule has 0 spiro atoms. The highest BCUT2D eigenvalue weighted by molar-refractivity contribution is 5.95. The van der Waals surface area contributed by atoms with Gasteiger partial charge in [0.05, 0.1) is 11.9 Å². The predicted molar refractivity (Wildman–Crippen MR) is 105 cm³/mol. The fourth-order valence-electron chi connectivity index (χ4n) is 3.06. The van der Waals surface area contributed by atoms with E-state index >= 15 is 0 Å². The number of Topliss-reactive ketones (excluding diaryl/α,β-unsaturated/α-hetero) is 1. The molecule has 0 aliphatic carbocycles. The van der Waals surface area contributed by atoms with Gasteiger partial charge < -0.3 is 15.0 Å². The summed E-state index contributed by atoms with van der Waals surface area (Å²) < 4.78 is 5.67. The molecule has 1 aromatic carbocycles. The molecule has 1 aromatic heterocycles. The Kier molecular flexibility index (Phi) is 6.06. The molecule has 2 aromatic rings. The van der Waals surface area contributed by atoms with Crippen molar-refractivity contribution >= 4 is 23.2 Å². The van der Waals surface area contributed by atoms with Crippen molar-refractivity contribution in [2.24, 2.45) is 0 Å². The van der Waals surface area contributed by atoms with Crippen molar-refractivity contribution in [3.8, 4) is 5.75 Å². The maximum Gasteiger partial charge on any atom is 0.265 e. The van der Waals surface area contributed by atoms with Crippen molar-refractivity contribution in [3.05, 3.63) is 48.2 Å². The zero-order chi connectivity index (χ0) is 19.2. The maximum atomic E-state index is 12.4. The van der Waals surface area contributed by atoms with Gasteiger partial charge in [0.2, 0.25) is 0 Å². The van der Waals surface area contributed by atoms with E-state index in [1.807, 2.05) is 12.1 Å². The van der Waals surface area contributed by atoms with Crippen molar-refractivity contribution in [2.75, 3.05) is 23.3 Å². The Bertz CT molecular complexity index is 799. The number of nitrogens with one attached hydrogen (secondary N) is 1. The van der Waals surface area contributed by atoms with E-state index in [1.165, 1.54) is 26.2 Å². The Morgan fingerprint density at radius 3 is 2.59 bits per heavy atom. The number of piperidine rings is 1. The van der Waals surface area contributed by atoms with Crippen LogP contribution in [0.1, 0.15) is 43.5 Å². The van der Waals surface area contributed by atoms with E-state index in [0.717, 1.165) is 18.9 Å². The SMILES string of the molecule is CC(=O)c1cccc(OC(C)C(=O)Nc2ccc(N3CCCCC3)nc2)c1. The van der Waals surface area contributed by atoms with E-state index in [0.29, 0.717) is 17.0 Å². The lowest BCUT2D eigenvalue weighted by molar-refractivity contribution is -0.122. The first-order valence-corrected chi connectivity index (χ1v) is 9.32. The zero-order valence-corrected chi connectivity index (χ0v) is 15.8. The highest BCUT2D eigenvalue weighted by Crippen LogP contribution is 2.20. The summed E-state index contributed by atoms with van der Waals surface area (Å²) in [6.45, 7) is 5.23. The number of amides is 1. The summed E-state index contributed by atoms with van der Waals surface area (Å²) in [5.41, 5.74) is 1.19. The van der Waals surface area contributed by atoms with Crippen LogP contribution in [-0.2, 0) is 4.79 Å². The van der Waals surface area contributed by atoms with Gasteiger partial charge in [-0.3, -0.25) is 9.59 Å². The number of anilines is 2. The molecule has 1 atom stereocenters. The fourth-order valence-corrected chi connectivity index (χ4v) is 3.06. The van der Waals surface area contributed by atoms with Gasteiger partial charge >= 0.3 is 0 Å². The topological polar surface area (TPSA) is 71.5 Å². The van der Waals surface area contributed by atoms with Crippen molar-refractivity contribution in [3.63, 3.8) is 0 Å². The van der Waals surface area contributed by atoms with Crippen LogP contribution in [-0.4, -0.2) is 35.9 Å². The summed E-state index contributed by atoms with van der Waals surface area (Å²) in [5.74, 6) is 1.12. The Morgan fingerprint density at radius 1 is 1.15 bits per heavy atom. The number of pyridine rings is 1. The molecule has 6 heteroatoms. The molecule has 1 saturated heterocycles. The van der Waals surface area contributed by atoms with Gasteiger partial charge in [-0.1, -0.05) is 12.1 Å². The van der Waals surface area contributed by atoms with Gasteiger partial charge in [0, 0.05) is 18.7 Å². The van der Waals surface area contributed by atoms with E-state index in [1.54, 1.807) is 37.4 Å². The van der Waals surface area contributed by atoms with E-state index in [4.69, 9.17) is 4.74 Å². The minimum absolute atomic E-state index is 0.0441. The number of ketones is 1. The first-order chi connectivity index (χ1) is 13.0. The van der Waals surface area contributed by atoms with Gasteiger partial charge in [-0.05, 0) is 57.4 Å². The van der Waals surface area contributed by atoms with Gasteiger partial charge in [-0.25, -0.2) is 4.98 Å². The third-order valence-corrected chi connectivity index (χ3v) is 4.62. The number of ether oxygens (including phenoxy) is 1. The minimum Gasteiger partial charge on any atom is -0.481 e. The van der Waals surface area contributed by atoms with Crippen molar-refractivity contribution < 1.29 is 14.3 Å². The van der Waals surface area contributed by atoms with Crippen LogP contribution in [0.15, 0.2) is 42.6 Å². The van der Waals surface area contributed by atoms with Crippen LogP contribution in [0.5, 0.6) is 5.75 Å². The van der Waals surface area contributed by atoms with E-state index in [2.05, 4.69) is 15.2 Å². The normalized spacial score (nSPS) is 15.1. The highest BCUT2D eigenvalue weighted by atomic mass is 16.5. The first-order valence-electron chi connectivity index (χ1n) is 9.32. The average Bonchev–Trinajstić information content (AvgIpc) is 2.69. The molecule has 1 amide bonds. The Hall–Kier alpha value is -2.89. The lowest BCUT2D eigenvalue weighted by Gasteiger charge is -2.27. The summed E-state index contributed by atoms with van der Waals surface area (Å²) in [4.78, 5) is 30.6. The first kappa shape index (κ1) is 18.9. The number of carbonyl (C=O) groups excluding carboxylic acids is 2. The number of carbonyl (C=O) groups is 2. The lowest BCUT2D eigenvalue weighted by atomic mass is 10.1. The second kappa shape index (κ2) is 8.66. The molecule has 142 valence electrons. The summed E-state index contributed by atoms with van der Waals surface area (Å²) in [6.07, 6.45) is 4.64. The molecule has 1 unspecified atom stereocenters. The molecule has 0 saturated carbocycles. The summed E-state index contributed by atoms with van der Waals surface area (Å²) in [6, 6.07) is 10.6. The van der Waals surface area contributed by atoms with Crippen LogP contribution >= 0.6 is 0 Å². The number of hydrogen-bond acceptors (Lipinski definition) is 5. The number of nitrogens with zero attached hydrogens (tertiary/aromatic N) is 2. The van der Waals surface area contributed by atoms with E-state index in [9.17, 15) is 9.59 Å². The van der Waals surface area contributed by atoms with Crippen LogP contribution < -0.4 is 15.0 Å². The number of aromatic nitrogens is 1. The van der Waals surface area contributed by atoms with Gasteiger partial charge in [0.25, 0.3) is 5.91 Å². The molecular formula is C21H25N3O3. The molecular weight excluding hydrogens is 342 g/mol. The molecule has 0 radical (unpaired) electrons. The molecule has 0 bridgehead atoms. The Labute approximate surface area is 159 Å². The summed E-state index contributed by atoms with van der Waals surface area (Å²) in [7, 11) is 0. The van der Waals surface area contributed by atoms with Gasteiger partial charge in [-0.2, -0.15) is 0 Å². The van der Waals surface area contributed by atoms with Crippen molar-refractivity contribution in [1.82, 2.24) is 4.98 Å². The number of hydrogen-bond donors (Lipinski definition) is 1. The van der Waals surface area contributed by atoms with E-state index in [-0.39, 0.29) is 11.7 Å². The molecule has 1 fully saturated rings. The zero-order valence-electron chi connectivity index (χ0n) is 15.8. The molecule has 1 aliphatic rings. The Morgan fingerprint density at radius 2 is 1.93 bits per heavy atom. The molecule has 1 aliphatic heterocycles. The van der Waals surface area contributed by atoms with Gasteiger partial charge in [-0.15, -0.1) is 0 Å². The Balaban J connectivity index is 1.57. The molecule has 1 N–H and O–H groups in total. The van der Waals surface area contributed by atoms with Crippen molar-refractivity contribution in [1.29, 1.82) is 0 Å². The van der Waals surface area contributed by atoms with Gasteiger partial charge in [0.1, 0.15) is 11.6 Å². The predicted octanol–water partition coefficient (Wildman–Crippen LogP) is 3.68. The standard InChI is InChI=1S/C21H25N3O3/c1-15(25)17-7-6-8-19(13-17)27-16(2)21(26)23-18-9-10-20(22-14-18)24-11-4-3-5-12-24/h6-10,13-14,16H,3-5,11-12H2,1-2H3,(H,23,26). The smallest absolute Gasteiger partial charge is 0.265 e. The molecule has 2 heterocycles. The monoisotopic (exact) mass is 367 g/mol. The maximum absolute atomic E-state index is 12.4. The second-order valence-corrected chi connectivity index (χ2v) is 6.79. The highest BCUT2D eigenvalue weighted by Gasteiger charge is 2.16. The lowest BCUT2D eigenvalue weighted by Crippen LogP contribution is -2.31. The quantitative estimate of drug-likeness (QED) is 0.789.